The van der Waals surface area contributed by atoms with Crippen LogP contribution >= 0.6 is 34.7 Å². The van der Waals surface area contributed by atoms with Gasteiger partial charge in [0.2, 0.25) is 0 Å². The van der Waals surface area contributed by atoms with Gasteiger partial charge in [-0.1, -0.05) is 11.6 Å². The van der Waals surface area contributed by atoms with E-state index in [1.165, 1.54) is 30.2 Å². The highest BCUT2D eigenvalue weighted by Crippen LogP contribution is 2.27. The summed E-state index contributed by atoms with van der Waals surface area (Å²) in [6.45, 7) is 3.91. The standard InChI is InChI=1S/C18H17ClN2O3S2/c1-9-10(2)26-18-16(9)17(23)20-15(21-18)8-25-7-13(22)11-4-5-14(24-3)12(19)6-11/h4-6H,7-8H2,1-3H3,(H,20,21,23). The Morgan fingerprint density at radius 3 is 2.85 bits per heavy atom. The second-order valence-electron chi connectivity index (χ2n) is 5.74. The molecule has 0 unspecified atom stereocenters. The van der Waals surface area contributed by atoms with Crippen molar-refractivity contribution in [2.75, 3.05) is 12.9 Å². The maximum Gasteiger partial charge on any atom is 0.259 e. The maximum absolute atomic E-state index is 12.3. The molecule has 26 heavy (non-hydrogen) atoms. The van der Waals surface area contributed by atoms with Crippen molar-refractivity contribution >= 4 is 50.7 Å². The molecule has 0 aliphatic rings. The van der Waals surface area contributed by atoms with Crippen molar-refractivity contribution in [1.82, 2.24) is 9.97 Å². The van der Waals surface area contributed by atoms with Crippen LogP contribution in [0.5, 0.6) is 5.75 Å². The van der Waals surface area contributed by atoms with Gasteiger partial charge in [-0.05, 0) is 37.6 Å². The molecule has 0 fully saturated rings. The van der Waals surface area contributed by atoms with Gasteiger partial charge in [-0.25, -0.2) is 4.98 Å². The number of rotatable bonds is 6. The number of nitrogens with one attached hydrogen (secondary N) is 1. The van der Waals surface area contributed by atoms with Crippen LogP contribution in [0.15, 0.2) is 23.0 Å². The predicted molar refractivity (Wildman–Crippen MR) is 108 cm³/mol. The average Bonchev–Trinajstić information content (AvgIpc) is 2.89. The number of H-pyrrole nitrogens is 1. The molecule has 1 aromatic carbocycles. The molecule has 0 spiro atoms. The van der Waals surface area contributed by atoms with Gasteiger partial charge in [0.05, 0.1) is 29.0 Å². The van der Waals surface area contributed by atoms with Crippen molar-refractivity contribution < 1.29 is 9.53 Å². The minimum atomic E-state index is -0.124. The molecule has 0 bridgehead atoms. The van der Waals surface area contributed by atoms with Crippen LogP contribution in [0.1, 0.15) is 26.6 Å². The number of carbonyl (C=O) groups excluding carboxylic acids is 1. The Hall–Kier alpha value is -1.83. The van der Waals surface area contributed by atoms with E-state index >= 15 is 0 Å². The van der Waals surface area contributed by atoms with Crippen molar-refractivity contribution in [3.05, 3.63) is 55.4 Å². The minimum Gasteiger partial charge on any atom is -0.495 e. The first kappa shape index (κ1) is 18.9. The number of carbonyl (C=O) groups is 1. The molecule has 0 saturated heterocycles. The summed E-state index contributed by atoms with van der Waals surface area (Å²) >= 11 is 8.97. The van der Waals surface area contributed by atoms with Crippen LogP contribution in [-0.2, 0) is 5.75 Å². The number of methoxy groups -OCH3 is 1. The van der Waals surface area contributed by atoms with E-state index in [1.807, 2.05) is 13.8 Å². The summed E-state index contributed by atoms with van der Waals surface area (Å²) in [7, 11) is 1.53. The van der Waals surface area contributed by atoms with Gasteiger partial charge in [0.15, 0.2) is 5.78 Å². The van der Waals surface area contributed by atoms with Crippen LogP contribution in [0, 0.1) is 13.8 Å². The summed E-state index contributed by atoms with van der Waals surface area (Å²) in [5, 5.41) is 1.06. The third-order valence-electron chi connectivity index (χ3n) is 4.03. The molecule has 0 aliphatic heterocycles. The van der Waals surface area contributed by atoms with E-state index in [1.54, 1.807) is 18.2 Å². The Morgan fingerprint density at radius 2 is 2.15 bits per heavy atom. The molecule has 0 radical (unpaired) electrons. The van der Waals surface area contributed by atoms with Crippen LogP contribution < -0.4 is 10.3 Å². The van der Waals surface area contributed by atoms with Crippen LogP contribution in [0.3, 0.4) is 0 Å². The van der Waals surface area contributed by atoms with Gasteiger partial charge in [-0.2, -0.15) is 0 Å². The number of thiophene rings is 1. The molecule has 136 valence electrons. The number of ether oxygens (including phenoxy) is 1. The molecule has 1 N–H and O–H groups in total. The van der Waals surface area contributed by atoms with E-state index in [2.05, 4.69) is 9.97 Å². The summed E-state index contributed by atoms with van der Waals surface area (Å²) in [6.07, 6.45) is 0. The van der Waals surface area contributed by atoms with Gasteiger partial charge in [-0.15, -0.1) is 23.1 Å². The number of benzene rings is 1. The van der Waals surface area contributed by atoms with Crippen molar-refractivity contribution in [3.8, 4) is 5.75 Å². The molecule has 3 rings (SSSR count). The number of hydrogen-bond acceptors (Lipinski definition) is 6. The van der Waals surface area contributed by atoms with E-state index in [4.69, 9.17) is 16.3 Å². The first-order valence-electron chi connectivity index (χ1n) is 7.84. The molecule has 0 atom stereocenters. The van der Waals surface area contributed by atoms with Crippen molar-refractivity contribution in [1.29, 1.82) is 0 Å². The molecule has 2 heterocycles. The largest absolute Gasteiger partial charge is 0.495 e. The average molecular weight is 409 g/mol. The fourth-order valence-electron chi connectivity index (χ4n) is 2.53. The van der Waals surface area contributed by atoms with E-state index in [-0.39, 0.29) is 17.1 Å². The lowest BCUT2D eigenvalue weighted by Crippen LogP contribution is -2.11. The summed E-state index contributed by atoms with van der Waals surface area (Å²) in [6, 6.07) is 4.97. The number of ketones is 1. The van der Waals surface area contributed by atoms with Gasteiger partial charge in [0.25, 0.3) is 5.56 Å². The van der Waals surface area contributed by atoms with E-state index in [0.717, 1.165) is 15.3 Å². The van der Waals surface area contributed by atoms with Gasteiger partial charge < -0.3 is 9.72 Å². The van der Waals surface area contributed by atoms with Gasteiger partial charge in [0, 0.05) is 10.4 Å². The number of Topliss-reactive ketones (excluding diaryl/α,β-unsaturated/α-hetero) is 1. The predicted octanol–water partition coefficient (Wildman–Crippen LogP) is 4.38. The summed E-state index contributed by atoms with van der Waals surface area (Å²) in [5.41, 5.74) is 1.38. The third kappa shape index (κ3) is 3.79. The number of aromatic amines is 1. The quantitative estimate of drug-likeness (QED) is 0.613. The lowest BCUT2D eigenvalue weighted by molar-refractivity contribution is 0.102. The molecule has 5 nitrogen and oxygen atoms in total. The molecule has 2 aromatic heterocycles. The number of aryl methyl sites for hydroxylation is 2. The lowest BCUT2D eigenvalue weighted by atomic mass is 10.1. The second kappa shape index (κ2) is 7.82. The Labute approximate surface area is 163 Å². The maximum atomic E-state index is 12.3. The molecular formula is C18H17ClN2O3S2. The molecule has 3 aromatic rings. The normalized spacial score (nSPS) is 11.1. The van der Waals surface area contributed by atoms with Crippen LogP contribution in [0.25, 0.3) is 10.2 Å². The first-order chi connectivity index (χ1) is 12.4. The summed E-state index contributed by atoms with van der Waals surface area (Å²) in [5.74, 6) is 1.80. The van der Waals surface area contributed by atoms with Crippen LogP contribution in [0.4, 0.5) is 0 Å². The number of fused-ring (bicyclic) bond motifs is 1. The monoisotopic (exact) mass is 408 g/mol. The lowest BCUT2D eigenvalue weighted by Gasteiger charge is -2.06. The highest BCUT2D eigenvalue weighted by molar-refractivity contribution is 7.99. The Balaban J connectivity index is 1.68. The summed E-state index contributed by atoms with van der Waals surface area (Å²) < 4.78 is 5.09. The van der Waals surface area contributed by atoms with E-state index in [0.29, 0.717) is 33.3 Å². The first-order valence-corrected chi connectivity index (χ1v) is 10.2. The van der Waals surface area contributed by atoms with Crippen molar-refractivity contribution in [2.45, 2.75) is 19.6 Å². The fourth-order valence-corrected chi connectivity index (χ4v) is 4.62. The summed E-state index contributed by atoms with van der Waals surface area (Å²) in [4.78, 5) is 33.7. The molecule has 0 saturated carbocycles. The number of hydrogen-bond donors (Lipinski definition) is 1. The number of thioether (sulfide) groups is 1. The smallest absolute Gasteiger partial charge is 0.259 e. The van der Waals surface area contributed by atoms with Gasteiger partial charge in [-0.3, -0.25) is 9.59 Å². The minimum absolute atomic E-state index is 0.0363. The Bertz CT molecular complexity index is 1040. The second-order valence-corrected chi connectivity index (χ2v) is 8.34. The highest BCUT2D eigenvalue weighted by atomic mass is 35.5. The molecular weight excluding hydrogens is 392 g/mol. The number of nitrogens with zero attached hydrogens (tertiary/aromatic N) is 1. The zero-order valence-corrected chi connectivity index (χ0v) is 16.9. The van der Waals surface area contributed by atoms with E-state index in [9.17, 15) is 9.59 Å². The van der Waals surface area contributed by atoms with Crippen LogP contribution in [0.2, 0.25) is 5.02 Å². The van der Waals surface area contributed by atoms with Gasteiger partial charge in [0.1, 0.15) is 16.4 Å². The van der Waals surface area contributed by atoms with Gasteiger partial charge >= 0.3 is 0 Å². The number of halogens is 1. The van der Waals surface area contributed by atoms with Crippen LogP contribution in [-0.4, -0.2) is 28.6 Å². The fraction of sp³-hybridized carbons (Fsp3) is 0.278. The number of aromatic nitrogens is 2. The highest BCUT2D eigenvalue weighted by Gasteiger charge is 2.13. The Morgan fingerprint density at radius 1 is 1.38 bits per heavy atom. The molecule has 0 aliphatic carbocycles. The SMILES string of the molecule is COc1ccc(C(=O)CSCc2nc3sc(C)c(C)c3c(=O)[nH]2)cc1Cl. The topological polar surface area (TPSA) is 72.0 Å². The molecule has 0 amide bonds. The zero-order valence-electron chi connectivity index (χ0n) is 14.5. The zero-order chi connectivity index (χ0) is 18.8. The van der Waals surface area contributed by atoms with E-state index < -0.39 is 0 Å². The molecule has 8 heteroatoms. The Kier molecular flexibility index (Phi) is 5.70. The van der Waals surface area contributed by atoms with Crippen molar-refractivity contribution in [3.63, 3.8) is 0 Å². The third-order valence-corrected chi connectivity index (χ3v) is 6.37. The van der Waals surface area contributed by atoms with Crippen molar-refractivity contribution in [2.24, 2.45) is 0 Å².